The van der Waals surface area contributed by atoms with Crippen molar-refractivity contribution in [3.63, 3.8) is 0 Å². The predicted molar refractivity (Wildman–Crippen MR) is 148 cm³/mol. The molecule has 4 aromatic rings. The first-order valence-corrected chi connectivity index (χ1v) is 13.1. The molecule has 39 heavy (non-hydrogen) atoms. The molecule has 3 unspecified atom stereocenters. The van der Waals surface area contributed by atoms with Gasteiger partial charge in [-0.15, -0.1) is 0 Å². The lowest BCUT2D eigenvalue weighted by Crippen LogP contribution is -2.48. The summed E-state index contributed by atoms with van der Waals surface area (Å²) in [5.74, 6) is -2.73. The van der Waals surface area contributed by atoms with Crippen molar-refractivity contribution in [1.82, 2.24) is 0 Å². The summed E-state index contributed by atoms with van der Waals surface area (Å²) in [7, 11) is 0. The van der Waals surface area contributed by atoms with Crippen LogP contribution in [0.15, 0.2) is 103 Å². The van der Waals surface area contributed by atoms with Crippen molar-refractivity contribution in [2.45, 2.75) is 18.0 Å². The quantitative estimate of drug-likeness (QED) is 0.215. The molecular weight excluding hydrogens is 513 g/mol. The maximum absolute atomic E-state index is 15.7. The molecule has 0 radical (unpaired) electrons. The van der Waals surface area contributed by atoms with Gasteiger partial charge in [0.15, 0.2) is 17.3 Å². The van der Waals surface area contributed by atoms with Crippen LogP contribution < -0.4 is 4.90 Å². The largest absolute Gasteiger partial charge is 0.352 e. The first-order valence-electron chi connectivity index (χ1n) is 12.7. The molecule has 1 saturated heterocycles. The molecule has 1 spiro atoms. The van der Waals surface area contributed by atoms with Crippen LogP contribution in [0.1, 0.15) is 48.1 Å². The second-order valence-electron chi connectivity index (χ2n) is 10.2. The standard InChI is InChI=1S/C33H21ClFNO3/c34-21-15-16-26-20(18-21)14-17-27-33(31(38)22-10-4-5-11-23(22)32(33)39)28(24-12-6-7-13-25(24)35)29(36(26)27)30(37)19-8-2-1-3-9-19/h1-18,27-29H. The Kier molecular flexibility index (Phi) is 5.23. The second kappa shape index (κ2) is 8.58. The van der Waals surface area contributed by atoms with Gasteiger partial charge >= 0.3 is 0 Å². The smallest absolute Gasteiger partial charge is 0.185 e. The average Bonchev–Trinajstić information content (AvgIpc) is 3.39. The molecule has 2 aliphatic heterocycles. The van der Waals surface area contributed by atoms with Gasteiger partial charge in [-0.2, -0.15) is 0 Å². The average molecular weight is 534 g/mol. The number of rotatable bonds is 3. The predicted octanol–water partition coefficient (Wildman–Crippen LogP) is 6.80. The van der Waals surface area contributed by atoms with Crippen molar-refractivity contribution >= 4 is 40.7 Å². The number of carbonyl (C=O) groups excluding carboxylic acids is 3. The highest BCUT2D eigenvalue weighted by molar-refractivity contribution is 6.32. The summed E-state index contributed by atoms with van der Waals surface area (Å²) >= 11 is 6.31. The molecule has 0 saturated carbocycles. The van der Waals surface area contributed by atoms with Crippen molar-refractivity contribution < 1.29 is 18.8 Å². The normalized spacial score (nSPS) is 22.1. The summed E-state index contributed by atoms with van der Waals surface area (Å²) < 4.78 is 15.7. The van der Waals surface area contributed by atoms with E-state index < -0.39 is 40.8 Å². The van der Waals surface area contributed by atoms with Gasteiger partial charge in [0.05, 0.1) is 6.04 Å². The minimum atomic E-state index is -1.74. The molecule has 190 valence electrons. The molecule has 0 N–H and O–H groups in total. The number of benzene rings is 4. The summed E-state index contributed by atoms with van der Waals surface area (Å²) in [6.07, 6.45) is 3.63. The number of hydrogen-bond donors (Lipinski definition) is 0. The number of ketones is 3. The van der Waals surface area contributed by atoms with E-state index in [1.54, 1.807) is 91.0 Å². The molecule has 3 atom stereocenters. The summed E-state index contributed by atoms with van der Waals surface area (Å²) in [4.78, 5) is 45.3. The van der Waals surface area contributed by atoms with Crippen molar-refractivity contribution in [2.24, 2.45) is 5.41 Å². The third-order valence-electron chi connectivity index (χ3n) is 8.33. The fourth-order valence-corrected chi connectivity index (χ4v) is 6.97. The minimum Gasteiger partial charge on any atom is -0.352 e. The maximum atomic E-state index is 15.7. The van der Waals surface area contributed by atoms with Crippen molar-refractivity contribution in [3.05, 3.63) is 142 Å². The van der Waals surface area contributed by atoms with Crippen molar-refractivity contribution in [2.75, 3.05) is 4.90 Å². The van der Waals surface area contributed by atoms with Gasteiger partial charge in [-0.25, -0.2) is 4.39 Å². The fourth-order valence-electron chi connectivity index (χ4n) is 6.79. The highest BCUT2D eigenvalue weighted by Gasteiger charge is 2.71. The zero-order valence-corrected chi connectivity index (χ0v) is 21.3. The molecule has 1 fully saturated rings. The zero-order valence-electron chi connectivity index (χ0n) is 20.6. The molecular formula is C33H21ClFNO3. The van der Waals surface area contributed by atoms with E-state index >= 15 is 4.39 Å². The molecule has 3 aliphatic rings. The van der Waals surface area contributed by atoms with Crippen LogP contribution in [-0.2, 0) is 0 Å². The highest BCUT2D eigenvalue weighted by atomic mass is 35.5. The number of anilines is 1. The second-order valence-corrected chi connectivity index (χ2v) is 10.6. The highest BCUT2D eigenvalue weighted by Crippen LogP contribution is 2.61. The Morgan fingerprint density at radius 2 is 1.46 bits per heavy atom. The van der Waals surface area contributed by atoms with Gasteiger partial charge in [0.1, 0.15) is 17.3 Å². The summed E-state index contributed by atoms with van der Waals surface area (Å²) in [6.45, 7) is 0. The number of fused-ring (bicyclic) bond motifs is 5. The molecule has 4 nitrogen and oxygen atoms in total. The lowest BCUT2D eigenvalue weighted by molar-refractivity contribution is 0.0664. The van der Waals surface area contributed by atoms with Crippen LogP contribution in [0.2, 0.25) is 5.02 Å². The van der Waals surface area contributed by atoms with Crippen molar-refractivity contribution in [3.8, 4) is 0 Å². The van der Waals surface area contributed by atoms with E-state index in [-0.39, 0.29) is 11.3 Å². The van der Waals surface area contributed by atoms with Gasteiger partial charge in [-0.05, 0) is 35.4 Å². The number of carbonyl (C=O) groups is 3. The van der Waals surface area contributed by atoms with Gasteiger partial charge in [0.2, 0.25) is 0 Å². The van der Waals surface area contributed by atoms with Crippen LogP contribution in [0.3, 0.4) is 0 Å². The topological polar surface area (TPSA) is 54.5 Å². The van der Waals surface area contributed by atoms with Crippen LogP contribution in [0.25, 0.3) is 6.08 Å². The van der Waals surface area contributed by atoms with Gasteiger partial charge < -0.3 is 4.90 Å². The van der Waals surface area contributed by atoms with Crippen LogP contribution in [0.4, 0.5) is 10.1 Å². The van der Waals surface area contributed by atoms with E-state index in [0.29, 0.717) is 27.4 Å². The molecule has 7 rings (SSSR count). The Balaban J connectivity index is 1.57. The summed E-state index contributed by atoms with van der Waals surface area (Å²) in [6, 6.07) is 25.0. The third-order valence-corrected chi connectivity index (χ3v) is 8.57. The molecule has 6 heteroatoms. The minimum absolute atomic E-state index is 0.166. The lowest BCUT2D eigenvalue weighted by Gasteiger charge is -2.37. The Morgan fingerprint density at radius 1 is 0.821 bits per heavy atom. The van der Waals surface area contributed by atoms with E-state index in [1.165, 1.54) is 6.07 Å². The molecule has 2 heterocycles. The van der Waals surface area contributed by atoms with Gasteiger partial charge in [0, 0.05) is 33.3 Å². The Morgan fingerprint density at radius 3 is 2.15 bits per heavy atom. The monoisotopic (exact) mass is 533 g/mol. The maximum Gasteiger partial charge on any atom is 0.185 e. The molecule has 0 bridgehead atoms. The first-order chi connectivity index (χ1) is 18.9. The van der Waals surface area contributed by atoms with Gasteiger partial charge in [0.25, 0.3) is 0 Å². The summed E-state index contributed by atoms with van der Waals surface area (Å²) in [5, 5.41) is 0.516. The molecule has 1 aliphatic carbocycles. The van der Waals surface area contributed by atoms with E-state index in [1.807, 2.05) is 17.0 Å². The Bertz CT molecular complexity index is 1700. The molecule has 0 aromatic heterocycles. The van der Waals surface area contributed by atoms with Crippen LogP contribution in [0, 0.1) is 11.2 Å². The van der Waals surface area contributed by atoms with Crippen LogP contribution in [0.5, 0.6) is 0 Å². The number of halogens is 2. The fraction of sp³-hybridized carbons (Fsp3) is 0.121. The Labute approximate surface area is 229 Å². The van der Waals surface area contributed by atoms with Crippen LogP contribution >= 0.6 is 11.6 Å². The van der Waals surface area contributed by atoms with E-state index in [0.717, 1.165) is 5.56 Å². The lowest BCUT2D eigenvalue weighted by atomic mass is 9.64. The number of hydrogen-bond acceptors (Lipinski definition) is 4. The number of nitrogens with zero attached hydrogens (tertiary/aromatic N) is 1. The summed E-state index contributed by atoms with van der Waals surface area (Å²) in [5.41, 5.74) is 0.855. The van der Waals surface area contributed by atoms with Gasteiger partial charge in [-0.3, -0.25) is 14.4 Å². The van der Waals surface area contributed by atoms with Gasteiger partial charge in [-0.1, -0.05) is 96.5 Å². The van der Waals surface area contributed by atoms with Crippen molar-refractivity contribution in [1.29, 1.82) is 0 Å². The molecule has 4 aromatic carbocycles. The van der Waals surface area contributed by atoms with E-state index in [4.69, 9.17) is 11.6 Å². The van der Waals surface area contributed by atoms with Crippen LogP contribution in [-0.4, -0.2) is 29.4 Å². The third kappa shape index (κ3) is 3.14. The van der Waals surface area contributed by atoms with E-state index in [9.17, 15) is 14.4 Å². The molecule has 0 amide bonds. The van der Waals surface area contributed by atoms with E-state index in [2.05, 4.69) is 0 Å². The SMILES string of the molecule is O=C(c1ccccc1)C1C(c2ccccc2F)C2(C(=O)c3ccccc3C2=O)C2C=Cc3cc(Cl)ccc3N12. The number of Topliss-reactive ketones (excluding diaryl/α,β-unsaturated/α-hetero) is 3. The first kappa shape index (κ1) is 23.7. The zero-order chi connectivity index (χ0) is 26.9. The Hall–Kier alpha value is -4.35.